The monoisotopic (exact) mass is 261 g/mol. The van der Waals surface area contributed by atoms with E-state index in [9.17, 15) is 23.1 Å². The van der Waals surface area contributed by atoms with E-state index in [1.165, 1.54) is 6.07 Å². The van der Waals surface area contributed by atoms with Crippen molar-refractivity contribution in [1.82, 2.24) is 0 Å². The SMILES string of the molecule is COC(=O)c1cc(O)c(C#N)cc1OC(F)(F)F. The number of nitrogens with zero attached hydrogens (tertiary/aromatic N) is 1. The maximum Gasteiger partial charge on any atom is 0.573 e. The van der Waals surface area contributed by atoms with Crippen molar-refractivity contribution in [2.75, 3.05) is 7.11 Å². The number of carbonyl (C=O) groups is 1. The number of benzene rings is 1. The molecule has 0 atom stereocenters. The van der Waals surface area contributed by atoms with Gasteiger partial charge in [-0.3, -0.25) is 0 Å². The highest BCUT2D eigenvalue weighted by Gasteiger charge is 2.33. The summed E-state index contributed by atoms with van der Waals surface area (Å²) in [5, 5.41) is 17.9. The van der Waals surface area contributed by atoms with Crippen LogP contribution in [-0.2, 0) is 4.74 Å². The quantitative estimate of drug-likeness (QED) is 0.823. The maximum absolute atomic E-state index is 12.1. The molecule has 0 unspecified atom stereocenters. The van der Waals surface area contributed by atoms with E-state index in [0.29, 0.717) is 12.1 Å². The summed E-state index contributed by atoms with van der Waals surface area (Å²) in [6.45, 7) is 0. The lowest BCUT2D eigenvalue weighted by atomic mass is 10.1. The van der Waals surface area contributed by atoms with Gasteiger partial charge in [0, 0.05) is 6.07 Å². The fraction of sp³-hybridized carbons (Fsp3) is 0.200. The van der Waals surface area contributed by atoms with Crippen molar-refractivity contribution in [3.8, 4) is 17.6 Å². The minimum absolute atomic E-state index is 0.457. The van der Waals surface area contributed by atoms with Crippen LogP contribution in [0.25, 0.3) is 0 Å². The summed E-state index contributed by atoms with van der Waals surface area (Å²) in [4.78, 5) is 11.2. The highest BCUT2D eigenvalue weighted by molar-refractivity contribution is 5.93. The summed E-state index contributed by atoms with van der Waals surface area (Å²) >= 11 is 0. The maximum atomic E-state index is 12.1. The number of carbonyl (C=O) groups excluding carboxylic acids is 1. The Morgan fingerprint density at radius 3 is 2.50 bits per heavy atom. The average molecular weight is 261 g/mol. The summed E-state index contributed by atoms with van der Waals surface area (Å²) in [5.74, 6) is -2.69. The first-order chi connectivity index (χ1) is 8.28. The van der Waals surface area contributed by atoms with Crippen molar-refractivity contribution >= 4 is 5.97 Å². The van der Waals surface area contributed by atoms with E-state index in [1.54, 1.807) is 0 Å². The number of phenols is 1. The highest BCUT2D eigenvalue weighted by atomic mass is 19.4. The molecule has 1 rings (SSSR count). The fourth-order valence-electron chi connectivity index (χ4n) is 1.14. The van der Waals surface area contributed by atoms with Gasteiger partial charge in [-0.25, -0.2) is 4.79 Å². The predicted molar refractivity (Wildman–Crippen MR) is 50.8 cm³/mol. The van der Waals surface area contributed by atoms with Crippen LogP contribution in [0.15, 0.2) is 12.1 Å². The van der Waals surface area contributed by atoms with Crippen LogP contribution in [0, 0.1) is 11.3 Å². The Morgan fingerprint density at radius 1 is 1.44 bits per heavy atom. The number of ether oxygens (including phenoxy) is 2. The molecule has 18 heavy (non-hydrogen) atoms. The van der Waals surface area contributed by atoms with Crippen molar-refractivity contribution in [2.45, 2.75) is 6.36 Å². The van der Waals surface area contributed by atoms with E-state index in [2.05, 4.69) is 9.47 Å². The van der Waals surface area contributed by atoms with Crippen LogP contribution in [0.5, 0.6) is 11.5 Å². The molecular formula is C10H6F3NO4. The fourth-order valence-corrected chi connectivity index (χ4v) is 1.14. The molecule has 0 amide bonds. The second-order valence-corrected chi connectivity index (χ2v) is 3.02. The van der Waals surface area contributed by atoms with Crippen LogP contribution in [-0.4, -0.2) is 24.5 Å². The largest absolute Gasteiger partial charge is 0.573 e. The molecule has 0 saturated heterocycles. The molecule has 0 bridgehead atoms. The number of nitriles is 1. The molecule has 0 saturated carbocycles. The van der Waals surface area contributed by atoms with Crippen LogP contribution in [0.2, 0.25) is 0 Å². The van der Waals surface area contributed by atoms with Crippen molar-refractivity contribution in [3.05, 3.63) is 23.3 Å². The number of hydrogen-bond acceptors (Lipinski definition) is 5. The van der Waals surface area contributed by atoms with Gasteiger partial charge in [0.25, 0.3) is 0 Å². The normalized spacial score (nSPS) is 10.6. The highest BCUT2D eigenvalue weighted by Crippen LogP contribution is 2.32. The molecule has 5 nitrogen and oxygen atoms in total. The van der Waals surface area contributed by atoms with Gasteiger partial charge in [0.1, 0.15) is 23.1 Å². The second-order valence-electron chi connectivity index (χ2n) is 3.02. The number of esters is 1. The lowest BCUT2D eigenvalue weighted by Crippen LogP contribution is -2.19. The van der Waals surface area contributed by atoms with Crippen molar-refractivity contribution < 1.29 is 32.5 Å². The van der Waals surface area contributed by atoms with E-state index < -0.39 is 35.0 Å². The molecule has 0 aliphatic heterocycles. The molecular weight excluding hydrogens is 255 g/mol. The predicted octanol–water partition coefficient (Wildman–Crippen LogP) is 1.95. The van der Waals surface area contributed by atoms with Crippen LogP contribution < -0.4 is 4.74 Å². The van der Waals surface area contributed by atoms with Gasteiger partial charge in [-0.15, -0.1) is 13.2 Å². The van der Waals surface area contributed by atoms with Gasteiger partial charge >= 0.3 is 12.3 Å². The number of alkyl halides is 3. The lowest BCUT2D eigenvalue weighted by molar-refractivity contribution is -0.274. The lowest BCUT2D eigenvalue weighted by Gasteiger charge is -2.12. The Morgan fingerprint density at radius 2 is 2.06 bits per heavy atom. The molecule has 0 spiro atoms. The zero-order valence-electron chi connectivity index (χ0n) is 8.91. The summed E-state index contributed by atoms with van der Waals surface area (Å²) in [7, 11) is 0.953. The first-order valence-corrected chi connectivity index (χ1v) is 4.39. The van der Waals surface area contributed by atoms with E-state index in [-0.39, 0.29) is 0 Å². The first kappa shape index (κ1) is 13.6. The standard InChI is InChI=1S/C10H6F3NO4/c1-17-9(16)6-3-7(15)5(4-14)2-8(6)18-10(11,12)13/h2-3,15H,1H3. The Bertz CT molecular complexity index is 519. The number of methoxy groups -OCH3 is 1. The van der Waals surface area contributed by atoms with Gasteiger partial charge in [-0.2, -0.15) is 5.26 Å². The average Bonchev–Trinajstić information content (AvgIpc) is 2.28. The molecule has 1 N–H and O–H groups in total. The van der Waals surface area contributed by atoms with Crippen LogP contribution in [0.3, 0.4) is 0 Å². The van der Waals surface area contributed by atoms with E-state index in [4.69, 9.17) is 5.26 Å². The molecule has 0 radical (unpaired) electrons. The molecule has 0 fully saturated rings. The molecule has 1 aromatic carbocycles. The zero-order chi connectivity index (χ0) is 13.9. The Labute approximate surface area is 99.0 Å². The van der Waals surface area contributed by atoms with Gasteiger partial charge in [-0.05, 0) is 6.07 Å². The molecule has 96 valence electrons. The van der Waals surface area contributed by atoms with Gasteiger partial charge < -0.3 is 14.6 Å². The molecule has 0 heterocycles. The topological polar surface area (TPSA) is 79.5 Å². The summed E-state index contributed by atoms with van der Waals surface area (Å²) in [6, 6.07) is 2.73. The summed E-state index contributed by atoms with van der Waals surface area (Å²) in [5.41, 5.74) is -1.09. The molecule has 0 aliphatic rings. The number of hydrogen-bond donors (Lipinski definition) is 1. The van der Waals surface area contributed by atoms with Gasteiger partial charge in [0.15, 0.2) is 0 Å². The third-order valence-electron chi connectivity index (χ3n) is 1.85. The molecule has 0 aliphatic carbocycles. The van der Waals surface area contributed by atoms with Crippen LogP contribution in [0.1, 0.15) is 15.9 Å². The Balaban J connectivity index is 3.36. The summed E-state index contributed by atoms with van der Waals surface area (Å²) < 4.78 is 44.1. The van der Waals surface area contributed by atoms with Crippen molar-refractivity contribution in [1.29, 1.82) is 5.26 Å². The van der Waals surface area contributed by atoms with E-state index >= 15 is 0 Å². The summed E-state index contributed by atoms with van der Waals surface area (Å²) in [6.07, 6.45) is -5.04. The number of halogens is 3. The minimum atomic E-state index is -5.04. The van der Waals surface area contributed by atoms with E-state index in [1.807, 2.05) is 0 Å². The number of aromatic hydroxyl groups is 1. The minimum Gasteiger partial charge on any atom is -0.507 e. The molecule has 8 heteroatoms. The third-order valence-corrected chi connectivity index (χ3v) is 1.85. The number of rotatable bonds is 2. The van der Waals surface area contributed by atoms with E-state index in [0.717, 1.165) is 7.11 Å². The third kappa shape index (κ3) is 3.04. The second kappa shape index (κ2) is 4.83. The van der Waals surface area contributed by atoms with Crippen LogP contribution >= 0.6 is 0 Å². The zero-order valence-corrected chi connectivity index (χ0v) is 8.91. The Kier molecular flexibility index (Phi) is 3.66. The molecule has 1 aromatic rings. The Hall–Kier alpha value is -2.43. The first-order valence-electron chi connectivity index (χ1n) is 4.39. The molecule has 0 aromatic heterocycles. The van der Waals surface area contributed by atoms with Gasteiger partial charge in [-0.1, -0.05) is 0 Å². The van der Waals surface area contributed by atoms with Crippen LogP contribution in [0.4, 0.5) is 13.2 Å². The van der Waals surface area contributed by atoms with Crippen molar-refractivity contribution in [2.24, 2.45) is 0 Å². The van der Waals surface area contributed by atoms with Gasteiger partial charge in [0.05, 0.1) is 12.7 Å². The number of phenolic OH excluding ortho intramolecular Hbond substituents is 1. The van der Waals surface area contributed by atoms with Gasteiger partial charge in [0.2, 0.25) is 0 Å². The smallest absolute Gasteiger partial charge is 0.507 e. The van der Waals surface area contributed by atoms with Crippen molar-refractivity contribution in [3.63, 3.8) is 0 Å².